The van der Waals surface area contributed by atoms with Crippen molar-refractivity contribution in [2.45, 2.75) is 32.2 Å². The lowest BCUT2D eigenvalue weighted by molar-refractivity contribution is 0.388. The molecule has 0 bridgehead atoms. The zero-order chi connectivity index (χ0) is 13.1. The maximum absolute atomic E-state index is 5.61. The molecule has 0 amide bonds. The first-order valence-electron chi connectivity index (χ1n) is 7.15. The van der Waals surface area contributed by atoms with Crippen LogP contribution in [0.1, 0.15) is 43.6 Å². The van der Waals surface area contributed by atoms with Crippen LogP contribution in [0.5, 0.6) is 0 Å². The SMILES string of the molecule is CCC1(CNC(c2ccccc2)c2ccco2)CC1. The highest BCUT2D eigenvalue weighted by Gasteiger charge is 2.40. The minimum absolute atomic E-state index is 0.167. The summed E-state index contributed by atoms with van der Waals surface area (Å²) >= 11 is 0. The molecule has 1 unspecified atom stereocenters. The molecule has 1 atom stereocenters. The fourth-order valence-electron chi connectivity index (χ4n) is 2.63. The van der Waals surface area contributed by atoms with Crippen LogP contribution in [0.25, 0.3) is 0 Å². The summed E-state index contributed by atoms with van der Waals surface area (Å²) in [6.45, 7) is 3.36. The summed E-state index contributed by atoms with van der Waals surface area (Å²) < 4.78 is 5.61. The molecule has 1 heterocycles. The summed E-state index contributed by atoms with van der Waals surface area (Å²) in [5.41, 5.74) is 1.81. The van der Waals surface area contributed by atoms with Crippen LogP contribution in [0.4, 0.5) is 0 Å². The molecule has 1 aliphatic carbocycles. The molecule has 19 heavy (non-hydrogen) atoms. The number of furan rings is 1. The Morgan fingerprint density at radius 1 is 1.16 bits per heavy atom. The number of nitrogens with one attached hydrogen (secondary N) is 1. The molecule has 3 rings (SSSR count). The van der Waals surface area contributed by atoms with E-state index in [-0.39, 0.29) is 6.04 Å². The van der Waals surface area contributed by atoms with Gasteiger partial charge in [-0.25, -0.2) is 0 Å². The minimum atomic E-state index is 0.167. The van der Waals surface area contributed by atoms with Crippen LogP contribution in [0.2, 0.25) is 0 Å². The lowest BCUT2D eigenvalue weighted by Gasteiger charge is -2.21. The van der Waals surface area contributed by atoms with Crippen LogP contribution in [-0.4, -0.2) is 6.54 Å². The van der Waals surface area contributed by atoms with E-state index in [0.717, 1.165) is 12.3 Å². The van der Waals surface area contributed by atoms with Gasteiger partial charge in [0.05, 0.1) is 12.3 Å². The number of hydrogen-bond acceptors (Lipinski definition) is 2. The molecule has 2 aromatic rings. The molecule has 1 aromatic heterocycles. The molecule has 0 saturated heterocycles. The molecule has 0 aliphatic heterocycles. The zero-order valence-electron chi connectivity index (χ0n) is 11.4. The molecule has 1 saturated carbocycles. The van der Waals surface area contributed by atoms with Gasteiger partial charge in [-0.15, -0.1) is 0 Å². The molecular formula is C17H21NO. The van der Waals surface area contributed by atoms with Gasteiger partial charge in [-0.05, 0) is 42.4 Å². The highest BCUT2D eigenvalue weighted by Crippen LogP contribution is 2.48. The Morgan fingerprint density at radius 3 is 2.53 bits per heavy atom. The predicted molar refractivity (Wildman–Crippen MR) is 77.0 cm³/mol. The van der Waals surface area contributed by atoms with Gasteiger partial charge in [-0.2, -0.15) is 0 Å². The Hall–Kier alpha value is -1.54. The lowest BCUT2D eigenvalue weighted by atomic mass is 10.0. The molecule has 0 radical (unpaired) electrons. The van der Waals surface area contributed by atoms with Crippen molar-refractivity contribution in [2.75, 3.05) is 6.54 Å². The van der Waals surface area contributed by atoms with Gasteiger partial charge in [-0.3, -0.25) is 0 Å². The van der Waals surface area contributed by atoms with Crippen LogP contribution in [0, 0.1) is 5.41 Å². The summed E-state index contributed by atoms with van der Waals surface area (Å²) in [6, 6.07) is 14.7. The molecule has 1 N–H and O–H groups in total. The Balaban J connectivity index is 1.77. The summed E-state index contributed by atoms with van der Waals surface area (Å²) in [7, 11) is 0. The summed E-state index contributed by atoms with van der Waals surface area (Å²) in [6.07, 6.45) is 5.73. The van der Waals surface area contributed by atoms with E-state index in [0.29, 0.717) is 5.41 Å². The van der Waals surface area contributed by atoms with Crippen molar-refractivity contribution in [1.29, 1.82) is 0 Å². The van der Waals surface area contributed by atoms with Crippen molar-refractivity contribution in [3.8, 4) is 0 Å². The Kier molecular flexibility index (Phi) is 3.43. The van der Waals surface area contributed by atoms with E-state index < -0.39 is 0 Å². The third-order valence-electron chi connectivity index (χ3n) is 4.35. The molecule has 2 heteroatoms. The number of benzene rings is 1. The standard InChI is InChI=1S/C17H21NO/c1-2-17(10-11-17)13-18-16(15-9-6-12-19-15)14-7-4-3-5-8-14/h3-9,12,16,18H,2,10-11,13H2,1H3. The molecule has 1 aromatic carbocycles. The Morgan fingerprint density at radius 2 is 1.95 bits per heavy atom. The average molecular weight is 255 g/mol. The topological polar surface area (TPSA) is 25.2 Å². The zero-order valence-corrected chi connectivity index (χ0v) is 11.4. The van der Waals surface area contributed by atoms with Crippen molar-refractivity contribution < 1.29 is 4.42 Å². The smallest absolute Gasteiger partial charge is 0.125 e. The van der Waals surface area contributed by atoms with Crippen molar-refractivity contribution in [1.82, 2.24) is 5.32 Å². The lowest BCUT2D eigenvalue weighted by Crippen LogP contribution is -2.28. The van der Waals surface area contributed by atoms with Crippen molar-refractivity contribution >= 4 is 0 Å². The second kappa shape index (κ2) is 5.22. The Labute approximate surface area is 114 Å². The highest BCUT2D eigenvalue weighted by molar-refractivity contribution is 5.26. The van der Waals surface area contributed by atoms with Gasteiger partial charge in [-0.1, -0.05) is 37.3 Å². The maximum Gasteiger partial charge on any atom is 0.125 e. The van der Waals surface area contributed by atoms with E-state index in [1.807, 2.05) is 6.07 Å². The van der Waals surface area contributed by atoms with E-state index in [4.69, 9.17) is 4.42 Å². The first-order chi connectivity index (χ1) is 9.33. The second-order valence-corrected chi connectivity index (χ2v) is 5.59. The van der Waals surface area contributed by atoms with E-state index in [2.05, 4.69) is 48.6 Å². The molecule has 100 valence electrons. The minimum Gasteiger partial charge on any atom is -0.467 e. The molecular weight excluding hydrogens is 234 g/mol. The number of hydrogen-bond donors (Lipinski definition) is 1. The van der Waals surface area contributed by atoms with E-state index in [9.17, 15) is 0 Å². The van der Waals surface area contributed by atoms with Gasteiger partial charge in [0, 0.05) is 6.54 Å². The summed E-state index contributed by atoms with van der Waals surface area (Å²) in [5.74, 6) is 0.998. The van der Waals surface area contributed by atoms with Gasteiger partial charge in [0.15, 0.2) is 0 Å². The first-order valence-corrected chi connectivity index (χ1v) is 7.15. The quantitative estimate of drug-likeness (QED) is 0.839. The average Bonchev–Trinajstić information content (AvgIpc) is 3.05. The normalized spacial score (nSPS) is 18.2. The van der Waals surface area contributed by atoms with Gasteiger partial charge in [0.25, 0.3) is 0 Å². The van der Waals surface area contributed by atoms with Crippen LogP contribution in [0.3, 0.4) is 0 Å². The maximum atomic E-state index is 5.61. The molecule has 0 spiro atoms. The van der Waals surface area contributed by atoms with Crippen LogP contribution < -0.4 is 5.32 Å². The second-order valence-electron chi connectivity index (χ2n) is 5.59. The molecule has 2 nitrogen and oxygen atoms in total. The Bertz CT molecular complexity index is 499. The largest absolute Gasteiger partial charge is 0.467 e. The van der Waals surface area contributed by atoms with Crippen LogP contribution in [0.15, 0.2) is 53.1 Å². The predicted octanol–water partition coefficient (Wildman–Crippen LogP) is 4.15. The molecule has 1 fully saturated rings. The monoisotopic (exact) mass is 255 g/mol. The fourth-order valence-corrected chi connectivity index (χ4v) is 2.63. The first kappa shape index (κ1) is 12.5. The van der Waals surface area contributed by atoms with Crippen LogP contribution >= 0.6 is 0 Å². The van der Waals surface area contributed by atoms with Gasteiger partial charge in [0.1, 0.15) is 5.76 Å². The van der Waals surface area contributed by atoms with E-state index in [1.54, 1.807) is 6.26 Å². The van der Waals surface area contributed by atoms with Crippen molar-refractivity contribution in [3.05, 3.63) is 60.1 Å². The van der Waals surface area contributed by atoms with Gasteiger partial charge >= 0.3 is 0 Å². The van der Waals surface area contributed by atoms with Crippen molar-refractivity contribution in [2.24, 2.45) is 5.41 Å². The van der Waals surface area contributed by atoms with E-state index in [1.165, 1.54) is 24.8 Å². The van der Waals surface area contributed by atoms with Gasteiger partial charge < -0.3 is 9.73 Å². The summed E-state index contributed by atoms with van der Waals surface area (Å²) in [4.78, 5) is 0. The third kappa shape index (κ3) is 2.74. The third-order valence-corrected chi connectivity index (χ3v) is 4.35. The van der Waals surface area contributed by atoms with Crippen LogP contribution in [-0.2, 0) is 0 Å². The van der Waals surface area contributed by atoms with E-state index >= 15 is 0 Å². The van der Waals surface area contributed by atoms with Crippen molar-refractivity contribution in [3.63, 3.8) is 0 Å². The fraction of sp³-hybridized carbons (Fsp3) is 0.412. The molecule has 1 aliphatic rings. The van der Waals surface area contributed by atoms with Gasteiger partial charge in [0.2, 0.25) is 0 Å². The summed E-state index contributed by atoms with van der Waals surface area (Å²) in [5, 5.41) is 3.70. The number of rotatable bonds is 6. The highest BCUT2D eigenvalue weighted by atomic mass is 16.3.